The van der Waals surface area contributed by atoms with Gasteiger partial charge in [-0.3, -0.25) is 20.2 Å². The molecule has 0 fully saturated rings. The quantitative estimate of drug-likeness (QED) is 0.0716. The number of hydrogen-bond acceptors (Lipinski definition) is 10. The molecule has 0 spiro atoms. The molecular weight excluding hydrogens is 580 g/mol. The van der Waals surface area contributed by atoms with E-state index in [2.05, 4.69) is 0 Å². The summed E-state index contributed by atoms with van der Waals surface area (Å²) in [5, 5.41) is 22.0. The van der Waals surface area contributed by atoms with Crippen LogP contribution in [-0.2, 0) is 9.47 Å². The van der Waals surface area contributed by atoms with Crippen LogP contribution in [0.3, 0.4) is 0 Å². The predicted octanol–water partition coefficient (Wildman–Crippen LogP) is 7.99. The first-order valence-corrected chi connectivity index (χ1v) is 14.8. The summed E-state index contributed by atoms with van der Waals surface area (Å²) < 4.78 is 10.6. The van der Waals surface area contributed by atoms with Crippen molar-refractivity contribution in [1.82, 2.24) is 0 Å². The maximum absolute atomic E-state index is 12.9. The molecule has 4 aromatic carbocycles. The molecule has 0 N–H and O–H groups in total. The summed E-state index contributed by atoms with van der Waals surface area (Å²) in [5.74, 6) is -1.05. The molecule has 214 valence electrons. The Bertz CT molecular complexity index is 1520. The van der Waals surface area contributed by atoms with Gasteiger partial charge in [0.05, 0.1) is 34.2 Å². The number of nitro groups is 2. The third kappa shape index (κ3) is 7.14. The van der Waals surface area contributed by atoms with Crippen molar-refractivity contribution >= 4 is 44.9 Å². The van der Waals surface area contributed by atoms with Crippen molar-refractivity contribution in [1.29, 1.82) is 0 Å². The van der Waals surface area contributed by atoms with Gasteiger partial charge in [0.15, 0.2) is 0 Å². The summed E-state index contributed by atoms with van der Waals surface area (Å²) in [7, 11) is 2.53. The van der Waals surface area contributed by atoms with Gasteiger partial charge in [-0.2, -0.15) is 0 Å². The average Bonchev–Trinajstić information content (AvgIpc) is 3.00. The van der Waals surface area contributed by atoms with Crippen LogP contribution >= 0.6 is 21.6 Å². The predicted molar refractivity (Wildman–Crippen MR) is 161 cm³/mol. The standard InChI is InChI=1S/C30H24N2O8S2/c1-3-39-29(33)25-17-21(19-5-11-23(12-6-19)31(35)36)9-15-27(25)41-42-28-16-10-22(18-26(28)30(34)40-4-2)20-7-13-24(14-8-20)32(37)38/h5-18H,3-4H2,1-2H3. The Kier molecular flexibility index (Phi) is 9.94. The Labute approximate surface area is 248 Å². The highest BCUT2D eigenvalue weighted by Crippen LogP contribution is 2.43. The van der Waals surface area contributed by atoms with Crippen LogP contribution in [-0.4, -0.2) is 35.0 Å². The van der Waals surface area contributed by atoms with Crippen molar-refractivity contribution in [3.63, 3.8) is 0 Å². The van der Waals surface area contributed by atoms with Crippen molar-refractivity contribution in [2.24, 2.45) is 0 Å². The molecule has 4 rings (SSSR count). The van der Waals surface area contributed by atoms with Crippen LogP contribution < -0.4 is 0 Å². The molecule has 0 amide bonds. The van der Waals surface area contributed by atoms with Gasteiger partial charge in [-0.1, -0.05) is 33.7 Å². The normalized spacial score (nSPS) is 10.6. The third-order valence-corrected chi connectivity index (χ3v) is 8.48. The minimum absolute atomic E-state index is 0.0371. The Morgan fingerprint density at radius 2 is 0.929 bits per heavy atom. The van der Waals surface area contributed by atoms with Crippen molar-refractivity contribution in [3.05, 3.63) is 116 Å². The van der Waals surface area contributed by atoms with Gasteiger partial charge >= 0.3 is 11.9 Å². The van der Waals surface area contributed by atoms with E-state index >= 15 is 0 Å². The number of esters is 2. The molecule has 0 heterocycles. The number of carbonyl (C=O) groups is 2. The second kappa shape index (κ2) is 13.8. The number of nitrogens with zero attached hydrogens (tertiary/aromatic N) is 2. The molecule has 0 bridgehead atoms. The maximum atomic E-state index is 12.9. The topological polar surface area (TPSA) is 139 Å². The smallest absolute Gasteiger partial charge is 0.339 e. The second-order valence-corrected chi connectivity index (χ2v) is 10.9. The molecule has 10 nitrogen and oxygen atoms in total. The summed E-state index contributed by atoms with van der Waals surface area (Å²) in [6.07, 6.45) is 0. The van der Waals surface area contributed by atoms with E-state index < -0.39 is 21.8 Å². The van der Waals surface area contributed by atoms with E-state index in [9.17, 15) is 29.8 Å². The number of ether oxygens (including phenoxy) is 2. The molecule has 0 aliphatic rings. The molecule has 0 saturated heterocycles. The molecular formula is C30H24N2O8S2. The molecule has 42 heavy (non-hydrogen) atoms. The van der Waals surface area contributed by atoms with E-state index in [1.54, 1.807) is 74.5 Å². The summed E-state index contributed by atoms with van der Waals surface area (Å²) >= 11 is 0. The minimum Gasteiger partial charge on any atom is -0.462 e. The van der Waals surface area contributed by atoms with Crippen LogP contribution in [0.15, 0.2) is 94.7 Å². The summed E-state index contributed by atoms with van der Waals surface area (Å²) in [5.41, 5.74) is 3.30. The lowest BCUT2D eigenvalue weighted by Crippen LogP contribution is -2.07. The number of non-ortho nitro benzene ring substituents is 2. The Hall–Kier alpha value is -4.68. The highest BCUT2D eigenvalue weighted by atomic mass is 33.1. The van der Waals surface area contributed by atoms with E-state index in [4.69, 9.17) is 9.47 Å². The lowest BCUT2D eigenvalue weighted by Gasteiger charge is -2.13. The summed E-state index contributed by atoms with van der Waals surface area (Å²) in [6, 6.07) is 22.5. The highest BCUT2D eigenvalue weighted by molar-refractivity contribution is 8.76. The average molecular weight is 605 g/mol. The third-order valence-electron chi connectivity index (χ3n) is 5.99. The van der Waals surface area contributed by atoms with E-state index in [-0.39, 0.29) is 24.6 Å². The maximum Gasteiger partial charge on any atom is 0.339 e. The number of nitro benzene ring substituents is 2. The molecule has 12 heteroatoms. The zero-order valence-electron chi connectivity index (χ0n) is 22.5. The number of hydrogen-bond donors (Lipinski definition) is 0. The number of benzene rings is 4. The largest absolute Gasteiger partial charge is 0.462 e. The fourth-order valence-corrected chi connectivity index (χ4v) is 6.24. The number of rotatable bonds is 11. The van der Waals surface area contributed by atoms with E-state index in [0.717, 1.165) is 0 Å². The zero-order chi connectivity index (χ0) is 30.2. The van der Waals surface area contributed by atoms with Crippen LogP contribution in [0.4, 0.5) is 11.4 Å². The first-order valence-electron chi connectivity index (χ1n) is 12.7. The van der Waals surface area contributed by atoms with Crippen molar-refractivity contribution < 1.29 is 28.9 Å². The first-order chi connectivity index (χ1) is 20.2. The Morgan fingerprint density at radius 3 is 1.24 bits per heavy atom. The molecule has 0 saturated carbocycles. The first kappa shape index (κ1) is 30.3. The van der Waals surface area contributed by atoms with Gasteiger partial charge in [0.2, 0.25) is 0 Å². The van der Waals surface area contributed by atoms with E-state index in [1.807, 2.05) is 0 Å². The van der Waals surface area contributed by atoms with Crippen LogP contribution in [0.2, 0.25) is 0 Å². The van der Waals surface area contributed by atoms with Gasteiger partial charge in [0.25, 0.3) is 11.4 Å². The van der Waals surface area contributed by atoms with Gasteiger partial charge < -0.3 is 9.47 Å². The van der Waals surface area contributed by atoms with Crippen molar-refractivity contribution in [2.75, 3.05) is 13.2 Å². The molecule has 4 aromatic rings. The fraction of sp³-hybridized carbons (Fsp3) is 0.133. The SMILES string of the molecule is CCOC(=O)c1cc(-c2ccc([N+](=O)[O-])cc2)ccc1SSc1ccc(-c2ccc([N+](=O)[O-])cc2)cc1C(=O)OCC. The van der Waals surface area contributed by atoms with Crippen LogP contribution in [0.1, 0.15) is 34.6 Å². The second-order valence-electron chi connectivity index (χ2n) is 8.64. The monoisotopic (exact) mass is 604 g/mol. The molecule has 0 aromatic heterocycles. The number of carbonyl (C=O) groups excluding carboxylic acids is 2. The highest BCUT2D eigenvalue weighted by Gasteiger charge is 2.19. The minimum atomic E-state index is -0.525. The fourth-order valence-electron chi connectivity index (χ4n) is 3.94. The van der Waals surface area contributed by atoms with Crippen LogP contribution in [0, 0.1) is 20.2 Å². The van der Waals surface area contributed by atoms with Crippen LogP contribution in [0.5, 0.6) is 0 Å². The summed E-state index contributed by atoms with van der Waals surface area (Å²) in [4.78, 5) is 48.0. The van der Waals surface area contributed by atoms with E-state index in [0.29, 0.717) is 43.2 Å². The molecule has 0 aliphatic heterocycles. The van der Waals surface area contributed by atoms with Crippen LogP contribution in [0.25, 0.3) is 22.3 Å². The van der Waals surface area contributed by atoms with Gasteiger partial charge in [-0.15, -0.1) is 0 Å². The zero-order valence-corrected chi connectivity index (χ0v) is 24.1. The van der Waals surface area contributed by atoms with Gasteiger partial charge in [0, 0.05) is 34.1 Å². The molecule has 0 radical (unpaired) electrons. The van der Waals surface area contributed by atoms with Gasteiger partial charge in [-0.25, -0.2) is 9.59 Å². The lowest BCUT2D eigenvalue weighted by atomic mass is 10.0. The van der Waals surface area contributed by atoms with Gasteiger partial charge in [-0.05, 0) is 84.6 Å². The van der Waals surface area contributed by atoms with Crippen molar-refractivity contribution in [3.8, 4) is 22.3 Å². The Balaban J connectivity index is 1.65. The molecule has 0 atom stereocenters. The van der Waals surface area contributed by atoms with Crippen molar-refractivity contribution in [2.45, 2.75) is 23.6 Å². The Morgan fingerprint density at radius 1 is 0.595 bits per heavy atom. The lowest BCUT2D eigenvalue weighted by molar-refractivity contribution is -0.385. The van der Waals surface area contributed by atoms with Gasteiger partial charge in [0.1, 0.15) is 0 Å². The molecule has 0 aliphatic carbocycles. The summed E-state index contributed by atoms with van der Waals surface area (Å²) in [6.45, 7) is 3.76. The molecule has 0 unspecified atom stereocenters. The van der Waals surface area contributed by atoms with E-state index in [1.165, 1.54) is 45.9 Å².